The van der Waals surface area contributed by atoms with E-state index in [1.54, 1.807) is 14.2 Å². The second-order valence-corrected chi connectivity index (χ2v) is 7.00. The van der Waals surface area contributed by atoms with E-state index < -0.39 is 0 Å². The smallest absolute Gasteiger partial charge is 0.223 e. The standard InChI is InChI=1S/C22H28N2O3/c1-23-11-12-24(21(16-23)18-7-5-4-6-8-18)22(25)10-9-17-13-19(26-2)15-20(14-17)27-3/h4-8,13-15,21H,9-12,16H2,1-3H3/t21-/m0/s1. The van der Waals surface area contributed by atoms with Crippen molar-refractivity contribution in [2.75, 3.05) is 40.9 Å². The monoisotopic (exact) mass is 368 g/mol. The SMILES string of the molecule is COc1cc(CCC(=O)N2CCN(C)C[C@H]2c2ccccc2)cc(OC)c1. The van der Waals surface area contributed by atoms with Crippen LogP contribution in [0.2, 0.25) is 0 Å². The molecule has 0 spiro atoms. The van der Waals surface area contributed by atoms with Crippen molar-refractivity contribution < 1.29 is 14.3 Å². The number of nitrogens with zero attached hydrogens (tertiary/aromatic N) is 2. The average Bonchev–Trinajstić information content (AvgIpc) is 2.72. The van der Waals surface area contributed by atoms with E-state index in [4.69, 9.17) is 9.47 Å². The molecule has 5 heteroatoms. The van der Waals surface area contributed by atoms with Crippen LogP contribution in [0.5, 0.6) is 11.5 Å². The van der Waals surface area contributed by atoms with Crippen molar-refractivity contribution in [2.45, 2.75) is 18.9 Å². The zero-order valence-corrected chi connectivity index (χ0v) is 16.4. The molecule has 0 aliphatic carbocycles. The number of aryl methyl sites for hydroxylation is 1. The average molecular weight is 368 g/mol. The van der Waals surface area contributed by atoms with Crippen LogP contribution in [0.15, 0.2) is 48.5 Å². The number of rotatable bonds is 6. The first-order valence-electron chi connectivity index (χ1n) is 9.35. The van der Waals surface area contributed by atoms with Gasteiger partial charge in [-0.15, -0.1) is 0 Å². The van der Waals surface area contributed by atoms with Crippen molar-refractivity contribution in [1.29, 1.82) is 0 Å². The number of carbonyl (C=O) groups is 1. The molecule has 1 aliphatic rings. The van der Waals surface area contributed by atoms with E-state index >= 15 is 0 Å². The molecule has 1 saturated heterocycles. The fraction of sp³-hybridized carbons (Fsp3) is 0.409. The molecule has 3 rings (SSSR count). The minimum absolute atomic E-state index is 0.109. The predicted octanol–water partition coefficient (Wildman–Crippen LogP) is 3.15. The van der Waals surface area contributed by atoms with Gasteiger partial charge in [0.25, 0.3) is 0 Å². The Morgan fingerprint density at radius 3 is 2.33 bits per heavy atom. The minimum atomic E-state index is 0.109. The topological polar surface area (TPSA) is 42.0 Å². The molecule has 0 aromatic heterocycles. The zero-order valence-electron chi connectivity index (χ0n) is 16.4. The highest BCUT2D eigenvalue weighted by Crippen LogP contribution is 2.27. The van der Waals surface area contributed by atoms with Gasteiger partial charge in [-0.25, -0.2) is 0 Å². The summed E-state index contributed by atoms with van der Waals surface area (Å²) >= 11 is 0. The van der Waals surface area contributed by atoms with Gasteiger partial charge >= 0.3 is 0 Å². The van der Waals surface area contributed by atoms with Crippen molar-refractivity contribution >= 4 is 5.91 Å². The summed E-state index contributed by atoms with van der Waals surface area (Å²) in [7, 11) is 5.39. The molecule has 5 nitrogen and oxygen atoms in total. The summed E-state index contributed by atoms with van der Waals surface area (Å²) in [5.41, 5.74) is 2.24. The van der Waals surface area contributed by atoms with E-state index in [9.17, 15) is 4.79 Å². The molecule has 27 heavy (non-hydrogen) atoms. The summed E-state index contributed by atoms with van der Waals surface area (Å²) in [5.74, 6) is 1.69. The van der Waals surface area contributed by atoms with E-state index in [1.165, 1.54) is 5.56 Å². The lowest BCUT2D eigenvalue weighted by Gasteiger charge is -2.40. The molecule has 0 bridgehead atoms. The first kappa shape index (κ1) is 19.2. The van der Waals surface area contributed by atoms with Crippen molar-refractivity contribution in [3.05, 3.63) is 59.7 Å². The molecule has 1 heterocycles. The molecule has 1 fully saturated rings. The lowest BCUT2D eigenvalue weighted by atomic mass is 10.0. The molecule has 2 aromatic rings. The maximum atomic E-state index is 13.0. The molecule has 144 valence electrons. The Morgan fingerprint density at radius 1 is 1.04 bits per heavy atom. The van der Waals surface area contributed by atoms with Crippen molar-refractivity contribution in [3.8, 4) is 11.5 Å². The van der Waals surface area contributed by atoms with Gasteiger partial charge in [-0.1, -0.05) is 30.3 Å². The Balaban J connectivity index is 1.71. The number of ether oxygens (including phenoxy) is 2. The van der Waals surface area contributed by atoms with Gasteiger partial charge in [-0.05, 0) is 36.7 Å². The van der Waals surface area contributed by atoms with Gasteiger partial charge in [0.15, 0.2) is 0 Å². The second-order valence-electron chi connectivity index (χ2n) is 7.00. The van der Waals surface area contributed by atoms with Gasteiger partial charge in [0.05, 0.1) is 20.3 Å². The first-order valence-corrected chi connectivity index (χ1v) is 9.35. The van der Waals surface area contributed by atoms with Gasteiger partial charge < -0.3 is 19.3 Å². The third-order valence-corrected chi connectivity index (χ3v) is 5.13. The quantitative estimate of drug-likeness (QED) is 0.786. The van der Waals surface area contributed by atoms with Crippen LogP contribution in [0.3, 0.4) is 0 Å². The number of amides is 1. The summed E-state index contributed by atoms with van der Waals surface area (Å²) in [6.45, 7) is 2.53. The Labute approximate surface area is 161 Å². The van der Waals surface area contributed by atoms with Crippen LogP contribution in [0.1, 0.15) is 23.6 Å². The summed E-state index contributed by atoms with van der Waals surface area (Å²) in [5, 5.41) is 0. The normalized spacial score (nSPS) is 17.6. The first-order chi connectivity index (χ1) is 13.1. The largest absolute Gasteiger partial charge is 0.497 e. The fourth-order valence-electron chi connectivity index (χ4n) is 3.58. The summed E-state index contributed by atoms with van der Waals surface area (Å²) in [4.78, 5) is 17.3. The summed E-state index contributed by atoms with van der Waals surface area (Å²) in [6.07, 6.45) is 1.14. The predicted molar refractivity (Wildman–Crippen MR) is 106 cm³/mol. The molecule has 1 amide bonds. The molecular formula is C22H28N2O3. The van der Waals surface area contributed by atoms with Crippen LogP contribution in [0.25, 0.3) is 0 Å². The van der Waals surface area contributed by atoms with E-state index in [0.29, 0.717) is 12.8 Å². The lowest BCUT2D eigenvalue weighted by molar-refractivity contribution is -0.136. The lowest BCUT2D eigenvalue weighted by Crippen LogP contribution is -2.49. The van der Waals surface area contributed by atoms with E-state index in [2.05, 4.69) is 24.1 Å². The molecule has 2 aromatic carbocycles. The number of carbonyl (C=O) groups excluding carboxylic acids is 1. The number of piperazine rings is 1. The van der Waals surface area contributed by atoms with Gasteiger partial charge in [-0.2, -0.15) is 0 Å². The zero-order chi connectivity index (χ0) is 19.2. The van der Waals surface area contributed by atoms with Crippen molar-refractivity contribution in [2.24, 2.45) is 0 Å². The number of benzene rings is 2. The number of likely N-dealkylation sites (N-methyl/N-ethyl adjacent to an activating group) is 1. The minimum Gasteiger partial charge on any atom is -0.497 e. The highest BCUT2D eigenvalue weighted by molar-refractivity contribution is 5.77. The van der Waals surface area contributed by atoms with E-state index in [-0.39, 0.29) is 11.9 Å². The molecular weight excluding hydrogens is 340 g/mol. The Morgan fingerprint density at radius 2 is 1.70 bits per heavy atom. The Kier molecular flexibility index (Phi) is 6.35. The van der Waals surface area contributed by atoms with Crippen LogP contribution in [0.4, 0.5) is 0 Å². The van der Waals surface area contributed by atoms with Crippen LogP contribution < -0.4 is 9.47 Å². The maximum Gasteiger partial charge on any atom is 0.223 e. The molecule has 1 aliphatic heterocycles. The van der Waals surface area contributed by atoms with Gasteiger partial charge in [-0.3, -0.25) is 4.79 Å². The molecule has 0 N–H and O–H groups in total. The van der Waals surface area contributed by atoms with Crippen LogP contribution in [-0.2, 0) is 11.2 Å². The third kappa shape index (κ3) is 4.80. The molecule has 1 atom stereocenters. The summed E-state index contributed by atoms with van der Waals surface area (Å²) < 4.78 is 10.7. The van der Waals surface area contributed by atoms with E-state index in [1.807, 2.05) is 41.3 Å². The molecule has 0 saturated carbocycles. The fourth-order valence-corrected chi connectivity index (χ4v) is 3.58. The second kappa shape index (κ2) is 8.91. The van der Waals surface area contributed by atoms with Crippen LogP contribution >= 0.6 is 0 Å². The molecule has 0 radical (unpaired) electrons. The molecule has 0 unspecified atom stereocenters. The summed E-state index contributed by atoms with van der Waals surface area (Å²) in [6, 6.07) is 16.2. The third-order valence-electron chi connectivity index (χ3n) is 5.13. The van der Waals surface area contributed by atoms with Gasteiger partial charge in [0.2, 0.25) is 5.91 Å². The van der Waals surface area contributed by atoms with Crippen LogP contribution in [-0.4, -0.2) is 56.6 Å². The number of hydrogen-bond acceptors (Lipinski definition) is 4. The highest BCUT2D eigenvalue weighted by Gasteiger charge is 2.29. The number of hydrogen-bond donors (Lipinski definition) is 0. The maximum absolute atomic E-state index is 13.0. The Hall–Kier alpha value is -2.53. The Bertz CT molecular complexity index is 741. The van der Waals surface area contributed by atoms with Gasteiger partial charge in [0.1, 0.15) is 11.5 Å². The van der Waals surface area contributed by atoms with Crippen molar-refractivity contribution in [1.82, 2.24) is 9.80 Å². The van der Waals surface area contributed by atoms with Crippen LogP contribution in [0, 0.1) is 0 Å². The number of methoxy groups -OCH3 is 2. The highest BCUT2D eigenvalue weighted by atomic mass is 16.5. The van der Waals surface area contributed by atoms with E-state index in [0.717, 1.165) is 36.7 Å². The van der Waals surface area contributed by atoms with Gasteiger partial charge in [0, 0.05) is 32.1 Å². The van der Waals surface area contributed by atoms with Crippen molar-refractivity contribution in [3.63, 3.8) is 0 Å².